The quantitative estimate of drug-likeness (QED) is 0.633. The Bertz CT molecular complexity index is 321. The zero-order chi connectivity index (χ0) is 12.1. The molecular formula is C12H21N3S. The first kappa shape index (κ1) is 13.5. The molecule has 1 aromatic rings. The maximum Gasteiger partial charge on any atom is 0.188 e. The van der Waals surface area contributed by atoms with Gasteiger partial charge in [-0.1, -0.05) is 18.7 Å². The molecule has 1 N–H and O–H groups in total. The van der Waals surface area contributed by atoms with E-state index in [9.17, 15) is 0 Å². The minimum atomic E-state index is 0.531. The Morgan fingerprint density at radius 3 is 2.31 bits per heavy atom. The number of nitrogens with one attached hydrogen (secondary N) is 1. The van der Waals surface area contributed by atoms with Crippen molar-refractivity contribution in [1.29, 1.82) is 0 Å². The minimum Gasteiger partial charge on any atom is -0.317 e. The first-order valence-electron chi connectivity index (χ1n) is 5.67. The van der Waals surface area contributed by atoms with Gasteiger partial charge in [0.05, 0.1) is 0 Å². The van der Waals surface area contributed by atoms with Gasteiger partial charge in [-0.25, -0.2) is 9.97 Å². The second-order valence-corrected chi connectivity index (χ2v) is 5.69. The lowest BCUT2D eigenvalue weighted by molar-refractivity contribution is 0.563. The molecule has 0 aliphatic carbocycles. The number of thioether (sulfide) groups is 1. The third-order valence-corrected chi connectivity index (χ3v) is 3.43. The average molecular weight is 239 g/mol. The van der Waals surface area contributed by atoms with Crippen molar-refractivity contribution in [2.45, 2.75) is 50.6 Å². The molecule has 2 atom stereocenters. The van der Waals surface area contributed by atoms with Gasteiger partial charge < -0.3 is 5.32 Å². The molecule has 0 fully saturated rings. The maximum atomic E-state index is 4.44. The van der Waals surface area contributed by atoms with Crippen LogP contribution in [0, 0.1) is 13.8 Å². The largest absolute Gasteiger partial charge is 0.317 e. The third-order valence-electron chi connectivity index (χ3n) is 2.45. The van der Waals surface area contributed by atoms with Crippen LogP contribution in [0.15, 0.2) is 11.2 Å². The van der Waals surface area contributed by atoms with Crippen molar-refractivity contribution < 1.29 is 0 Å². The fourth-order valence-electron chi connectivity index (χ4n) is 1.59. The molecule has 0 radical (unpaired) electrons. The van der Waals surface area contributed by atoms with Gasteiger partial charge in [0, 0.05) is 22.7 Å². The van der Waals surface area contributed by atoms with Crippen molar-refractivity contribution in [2.24, 2.45) is 0 Å². The molecule has 0 amide bonds. The monoisotopic (exact) mass is 239 g/mol. The predicted molar refractivity (Wildman–Crippen MR) is 70.0 cm³/mol. The molecule has 0 spiro atoms. The Labute approximate surface area is 102 Å². The van der Waals surface area contributed by atoms with Crippen LogP contribution in [0.5, 0.6) is 0 Å². The molecule has 0 aliphatic heterocycles. The molecular weight excluding hydrogens is 218 g/mol. The Hall–Kier alpha value is -0.610. The first-order chi connectivity index (χ1) is 7.51. The van der Waals surface area contributed by atoms with E-state index in [0.717, 1.165) is 23.0 Å². The van der Waals surface area contributed by atoms with Crippen LogP contribution < -0.4 is 5.32 Å². The molecule has 16 heavy (non-hydrogen) atoms. The number of nitrogens with zero attached hydrogens (tertiary/aromatic N) is 2. The Morgan fingerprint density at radius 1 is 1.25 bits per heavy atom. The highest BCUT2D eigenvalue weighted by atomic mass is 32.2. The van der Waals surface area contributed by atoms with Gasteiger partial charge in [0.1, 0.15) is 0 Å². The van der Waals surface area contributed by atoms with Crippen LogP contribution in [0.2, 0.25) is 0 Å². The fourth-order valence-corrected chi connectivity index (χ4v) is 2.73. The second-order valence-electron chi connectivity index (χ2n) is 4.29. The molecule has 2 unspecified atom stereocenters. The highest BCUT2D eigenvalue weighted by molar-refractivity contribution is 7.99. The molecule has 1 aromatic heterocycles. The lowest BCUT2D eigenvalue weighted by Gasteiger charge is -2.15. The minimum absolute atomic E-state index is 0.531. The van der Waals surface area contributed by atoms with Crippen molar-refractivity contribution in [1.82, 2.24) is 15.3 Å². The van der Waals surface area contributed by atoms with Crippen molar-refractivity contribution in [3.63, 3.8) is 0 Å². The van der Waals surface area contributed by atoms with Crippen LogP contribution >= 0.6 is 11.8 Å². The van der Waals surface area contributed by atoms with Crippen LogP contribution in [0.25, 0.3) is 0 Å². The molecule has 0 aromatic carbocycles. The van der Waals surface area contributed by atoms with Gasteiger partial charge in [0.25, 0.3) is 0 Å². The number of aryl methyl sites for hydroxylation is 2. The van der Waals surface area contributed by atoms with Gasteiger partial charge in [0.2, 0.25) is 0 Å². The molecule has 90 valence electrons. The van der Waals surface area contributed by atoms with E-state index in [4.69, 9.17) is 0 Å². The summed E-state index contributed by atoms with van der Waals surface area (Å²) in [7, 11) is 2.00. The molecule has 3 nitrogen and oxygen atoms in total. The lowest BCUT2D eigenvalue weighted by Crippen LogP contribution is -2.24. The summed E-state index contributed by atoms with van der Waals surface area (Å²) in [4.78, 5) is 8.88. The van der Waals surface area contributed by atoms with E-state index in [-0.39, 0.29) is 0 Å². The van der Waals surface area contributed by atoms with Gasteiger partial charge >= 0.3 is 0 Å². The van der Waals surface area contributed by atoms with Gasteiger partial charge in [-0.2, -0.15) is 0 Å². The Balaban J connectivity index is 2.58. The highest BCUT2D eigenvalue weighted by Gasteiger charge is 2.10. The predicted octanol–water partition coefficient (Wildman–Crippen LogP) is 2.57. The van der Waals surface area contributed by atoms with Gasteiger partial charge in [-0.3, -0.25) is 0 Å². The van der Waals surface area contributed by atoms with E-state index in [1.807, 2.05) is 27.0 Å². The van der Waals surface area contributed by atoms with Crippen LogP contribution in [-0.2, 0) is 0 Å². The molecule has 0 saturated carbocycles. The summed E-state index contributed by atoms with van der Waals surface area (Å²) < 4.78 is 0. The van der Waals surface area contributed by atoms with Gasteiger partial charge in [0.15, 0.2) is 5.16 Å². The van der Waals surface area contributed by atoms with Crippen molar-refractivity contribution in [3.8, 4) is 0 Å². The molecule has 1 heterocycles. The normalized spacial score (nSPS) is 14.8. The molecule has 0 bridgehead atoms. The van der Waals surface area contributed by atoms with E-state index >= 15 is 0 Å². The second kappa shape index (κ2) is 6.21. The number of hydrogen-bond donors (Lipinski definition) is 1. The van der Waals surface area contributed by atoms with Crippen molar-refractivity contribution >= 4 is 11.8 Å². The lowest BCUT2D eigenvalue weighted by atomic mass is 10.2. The summed E-state index contributed by atoms with van der Waals surface area (Å²) in [6.07, 6.45) is 1.12. The maximum absolute atomic E-state index is 4.44. The first-order valence-corrected chi connectivity index (χ1v) is 6.55. The fraction of sp³-hybridized carbons (Fsp3) is 0.667. The highest BCUT2D eigenvalue weighted by Crippen LogP contribution is 2.23. The summed E-state index contributed by atoms with van der Waals surface area (Å²) >= 11 is 1.75. The van der Waals surface area contributed by atoms with Crippen molar-refractivity contribution in [2.75, 3.05) is 7.05 Å². The van der Waals surface area contributed by atoms with E-state index < -0.39 is 0 Å². The summed E-state index contributed by atoms with van der Waals surface area (Å²) in [6, 6.07) is 2.54. The zero-order valence-electron chi connectivity index (χ0n) is 10.7. The van der Waals surface area contributed by atoms with Gasteiger partial charge in [-0.15, -0.1) is 0 Å². The van der Waals surface area contributed by atoms with E-state index in [2.05, 4.69) is 29.1 Å². The number of hydrogen-bond acceptors (Lipinski definition) is 4. The van der Waals surface area contributed by atoms with Crippen LogP contribution in [0.4, 0.5) is 0 Å². The number of rotatable bonds is 5. The molecule has 1 rings (SSSR count). The number of aromatic nitrogens is 2. The van der Waals surface area contributed by atoms with E-state index in [0.29, 0.717) is 11.3 Å². The molecule has 0 saturated heterocycles. The Morgan fingerprint density at radius 2 is 1.81 bits per heavy atom. The Kier molecular flexibility index (Phi) is 5.22. The topological polar surface area (TPSA) is 37.8 Å². The van der Waals surface area contributed by atoms with Gasteiger partial charge in [-0.05, 0) is 40.3 Å². The van der Waals surface area contributed by atoms with E-state index in [1.165, 1.54) is 0 Å². The van der Waals surface area contributed by atoms with Crippen LogP contribution in [-0.4, -0.2) is 28.3 Å². The van der Waals surface area contributed by atoms with Crippen LogP contribution in [0.1, 0.15) is 31.7 Å². The van der Waals surface area contributed by atoms with Crippen LogP contribution in [0.3, 0.4) is 0 Å². The van der Waals surface area contributed by atoms with Crippen molar-refractivity contribution in [3.05, 3.63) is 17.5 Å². The smallest absolute Gasteiger partial charge is 0.188 e. The summed E-state index contributed by atoms with van der Waals surface area (Å²) in [5.41, 5.74) is 2.09. The third kappa shape index (κ3) is 4.49. The SMILES string of the molecule is CNC(C)CC(C)Sc1nc(C)cc(C)n1. The summed E-state index contributed by atoms with van der Waals surface area (Å²) in [5, 5.41) is 4.68. The molecule has 4 heteroatoms. The zero-order valence-corrected chi connectivity index (χ0v) is 11.6. The summed E-state index contributed by atoms with van der Waals surface area (Å²) in [6.45, 7) is 8.44. The average Bonchev–Trinajstić information content (AvgIpc) is 2.15. The molecule has 0 aliphatic rings. The van der Waals surface area contributed by atoms with E-state index in [1.54, 1.807) is 11.8 Å². The summed E-state index contributed by atoms with van der Waals surface area (Å²) in [5.74, 6) is 0. The standard InChI is InChI=1S/C12H21N3S/c1-8(13-5)7-11(4)16-12-14-9(2)6-10(3)15-12/h6,8,11,13H,7H2,1-5H3.